The molecule has 0 unspecified atom stereocenters. The van der Waals surface area contributed by atoms with Crippen molar-refractivity contribution >= 4 is 38.3 Å². The molecule has 1 N–H and O–H groups in total. The van der Waals surface area contributed by atoms with Crippen LogP contribution in [0.1, 0.15) is 17.2 Å². The van der Waals surface area contributed by atoms with Crippen LogP contribution in [0.4, 0.5) is 13.2 Å². The molecule has 1 atom stereocenters. The Hall–Kier alpha value is -2.10. The highest BCUT2D eigenvalue weighted by Crippen LogP contribution is 2.36. The van der Waals surface area contributed by atoms with Crippen LogP contribution in [-0.2, 0) is 6.18 Å². The van der Waals surface area contributed by atoms with Crippen LogP contribution in [0.3, 0.4) is 0 Å². The number of rotatable bonds is 4. The van der Waals surface area contributed by atoms with Gasteiger partial charge in [-0.05, 0) is 23.8 Å². The molecule has 9 heteroatoms. The fourth-order valence-corrected chi connectivity index (χ4v) is 4.66. The summed E-state index contributed by atoms with van der Waals surface area (Å²) >= 11 is 2.66. The zero-order chi connectivity index (χ0) is 18.3. The number of hydrogen-bond donors (Lipinski definition) is 1. The van der Waals surface area contributed by atoms with Gasteiger partial charge in [0, 0.05) is 5.75 Å². The molecule has 0 aliphatic carbocycles. The second kappa shape index (κ2) is 6.57. The van der Waals surface area contributed by atoms with Gasteiger partial charge in [0.1, 0.15) is 0 Å². The molecule has 4 nitrogen and oxygen atoms in total. The summed E-state index contributed by atoms with van der Waals surface area (Å²) in [6, 6.07) is 12.8. The third-order valence-electron chi connectivity index (χ3n) is 3.91. The highest BCUT2D eigenvalue weighted by molar-refractivity contribution is 7.99. The number of fused-ring (bicyclic) bond motifs is 3. The maximum atomic E-state index is 13.1. The van der Waals surface area contributed by atoms with Gasteiger partial charge >= 0.3 is 6.18 Å². The van der Waals surface area contributed by atoms with E-state index in [1.54, 1.807) is 0 Å². The van der Waals surface area contributed by atoms with Crippen molar-refractivity contribution in [3.63, 3.8) is 0 Å². The average molecular weight is 395 g/mol. The first-order valence-electron chi connectivity index (χ1n) is 7.65. The lowest BCUT2D eigenvalue weighted by molar-refractivity contribution is -0.139. The number of hydrogen-bond acceptors (Lipinski definition) is 5. The predicted octanol–water partition coefficient (Wildman–Crippen LogP) is 4.79. The molecule has 0 spiro atoms. The monoisotopic (exact) mass is 395 g/mol. The van der Waals surface area contributed by atoms with Crippen molar-refractivity contribution in [2.45, 2.75) is 17.4 Å². The van der Waals surface area contributed by atoms with E-state index in [-0.39, 0.29) is 11.3 Å². The summed E-state index contributed by atoms with van der Waals surface area (Å²) in [6.45, 7) is 0. The van der Waals surface area contributed by atoms with Crippen molar-refractivity contribution in [2.75, 3.05) is 5.75 Å². The first-order chi connectivity index (χ1) is 12.4. The third-order valence-corrected chi connectivity index (χ3v) is 5.92. The van der Waals surface area contributed by atoms with Gasteiger partial charge in [-0.3, -0.25) is 4.40 Å². The highest BCUT2D eigenvalue weighted by Gasteiger charge is 2.34. The van der Waals surface area contributed by atoms with Crippen LogP contribution in [0, 0.1) is 0 Å². The van der Waals surface area contributed by atoms with E-state index in [2.05, 4.69) is 10.2 Å². The number of benzene rings is 2. The zero-order valence-corrected chi connectivity index (χ0v) is 14.8. The maximum Gasteiger partial charge on any atom is 0.416 e. The Morgan fingerprint density at radius 3 is 2.62 bits per heavy atom. The van der Waals surface area contributed by atoms with Crippen molar-refractivity contribution in [1.29, 1.82) is 0 Å². The minimum Gasteiger partial charge on any atom is -0.388 e. The maximum absolute atomic E-state index is 13.1. The van der Waals surface area contributed by atoms with E-state index < -0.39 is 17.8 Å². The molecule has 0 fully saturated rings. The van der Waals surface area contributed by atoms with Crippen molar-refractivity contribution in [3.05, 3.63) is 59.7 Å². The number of thiazole rings is 1. The van der Waals surface area contributed by atoms with Crippen molar-refractivity contribution in [1.82, 2.24) is 14.6 Å². The van der Waals surface area contributed by atoms with Crippen molar-refractivity contribution < 1.29 is 18.3 Å². The number of aromatic nitrogens is 3. The van der Waals surface area contributed by atoms with Crippen molar-refractivity contribution in [3.8, 4) is 0 Å². The van der Waals surface area contributed by atoms with E-state index in [4.69, 9.17) is 0 Å². The Bertz CT molecular complexity index is 1070. The van der Waals surface area contributed by atoms with Gasteiger partial charge in [-0.2, -0.15) is 13.2 Å². The Balaban J connectivity index is 1.61. The Morgan fingerprint density at radius 1 is 1.08 bits per heavy atom. The van der Waals surface area contributed by atoms with Crippen molar-refractivity contribution in [2.24, 2.45) is 0 Å². The number of thioether (sulfide) groups is 1. The van der Waals surface area contributed by atoms with E-state index >= 15 is 0 Å². The standard InChI is InChI=1S/C17H12F3N3OS2/c18-17(19,20)11-6-2-1-5-10(11)13(24)9-25-15-21-22-16-23(15)12-7-3-4-8-14(12)26-16/h1-8,13,24H,9H2/t13-/m0/s1. The van der Waals surface area contributed by atoms with Gasteiger partial charge < -0.3 is 5.11 Å². The number of nitrogens with zero attached hydrogens (tertiary/aromatic N) is 3. The van der Waals surface area contributed by atoms with Gasteiger partial charge in [-0.25, -0.2) is 0 Å². The molecule has 2 aromatic carbocycles. The summed E-state index contributed by atoms with van der Waals surface area (Å²) in [5.74, 6) is 0.0397. The molecular weight excluding hydrogens is 383 g/mol. The number of aliphatic hydroxyl groups is 1. The highest BCUT2D eigenvalue weighted by atomic mass is 32.2. The lowest BCUT2D eigenvalue weighted by Gasteiger charge is -2.16. The van der Waals surface area contributed by atoms with Crippen LogP contribution in [0.2, 0.25) is 0 Å². The Morgan fingerprint density at radius 2 is 1.81 bits per heavy atom. The van der Waals surface area contributed by atoms with E-state index in [9.17, 15) is 18.3 Å². The van der Waals surface area contributed by atoms with Gasteiger partial charge in [0.05, 0.1) is 21.9 Å². The summed E-state index contributed by atoms with van der Waals surface area (Å²) < 4.78 is 42.3. The van der Waals surface area contributed by atoms with Gasteiger partial charge in [-0.15, -0.1) is 10.2 Å². The molecule has 26 heavy (non-hydrogen) atoms. The predicted molar refractivity (Wildman–Crippen MR) is 95.5 cm³/mol. The average Bonchev–Trinajstić information content (AvgIpc) is 3.18. The molecule has 0 bridgehead atoms. The summed E-state index contributed by atoms with van der Waals surface area (Å²) in [5, 5.41) is 19.1. The Kier molecular flexibility index (Phi) is 4.37. The second-order valence-electron chi connectivity index (χ2n) is 5.58. The van der Waals surface area contributed by atoms with E-state index in [1.807, 2.05) is 28.7 Å². The first kappa shape index (κ1) is 17.3. The molecular formula is C17H12F3N3OS2. The minimum absolute atomic E-state index is 0.0397. The largest absolute Gasteiger partial charge is 0.416 e. The molecule has 0 saturated heterocycles. The van der Waals surface area contributed by atoms with Crippen LogP contribution in [0.5, 0.6) is 0 Å². The van der Waals surface area contributed by atoms with Gasteiger partial charge in [0.2, 0.25) is 4.96 Å². The van der Waals surface area contributed by atoms with Crippen LogP contribution < -0.4 is 0 Å². The second-order valence-corrected chi connectivity index (χ2v) is 7.58. The fraction of sp³-hybridized carbons (Fsp3) is 0.176. The lowest BCUT2D eigenvalue weighted by Crippen LogP contribution is -2.13. The van der Waals surface area contributed by atoms with E-state index in [1.165, 1.54) is 41.3 Å². The normalized spacial score (nSPS) is 13.5. The lowest BCUT2D eigenvalue weighted by atomic mass is 10.0. The quantitative estimate of drug-likeness (QED) is 0.505. The molecule has 4 rings (SSSR count). The molecule has 0 amide bonds. The summed E-state index contributed by atoms with van der Waals surface area (Å²) in [7, 11) is 0. The minimum atomic E-state index is -4.51. The molecule has 134 valence electrons. The molecule has 2 aromatic heterocycles. The topological polar surface area (TPSA) is 50.4 Å². The number of para-hydroxylation sites is 1. The van der Waals surface area contributed by atoms with E-state index in [0.29, 0.717) is 10.1 Å². The molecule has 0 aliphatic rings. The van der Waals surface area contributed by atoms with Gasteiger partial charge in [0.15, 0.2) is 5.16 Å². The van der Waals surface area contributed by atoms with E-state index in [0.717, 1.165) is 16.3 Å². The number of alkyl halides is 3. The Labute approximate surface area is 154 Å². The van der Waals surface area contributed by atoms with Gasteiger partial charge in [-0.1, -0.05) is 53.4 Å². The molecule has 0 radical (unpaired) electrons. The first-order valence-corrected chi connectivity index (χ1v) is 9.45. The summed E-state index contributed by atoms with van der Waals surface area (Å²) in [6.07, 6.45) is -5.77. The molecule has 4 aromatic rings. The molecule has 2 heterocycles. The van der Waals surface area contributed by atoms with Gasteiger partial charge in [0.25, 0.3) is 0 Å². The van der Waals surface area contributed by atoms with Crippen LogP contribution in [0.25, 0.3) is 15.2 Å². The number of aliphatic hydroxyl groups excluding tert-OH is 1. The SMILES string of the molecule is O[C@@H](CSc1nnc2sc3ccccc3n12)c1ccccc1C(F)(F)F. The van der Waals surface area contributed by atoms with Crippen LogP contribution >= 0.6 is 23.1 Å². The van der Waals surface area contributed by atoms with Crippen LogP contribution in [0.15, 0.2) is 53.7 Å². The summed E-state index contributed by atoms with van der Waals surface area (Å²) in [4.78, 5) is 0.707. The van der Waals surface area contributed by atoms with Crippen LogP contribution in [-0.4, -0.2) is 25.5 Å². The zero-order valence-electron chi connectivity index (χ0n) is 13.1. The molecule has 0 aliphatic heterocycles. The smallest absolute Gasteiger partial charge is 0.388 e. The third kappa shape index (κ3) is 3.06. The number of halogens is 3. The summed E-state index contributed by atoms with van der Waals surface area (Å²) in [5.41, 5.74) is -0.0194. The molecule has 0 saturated carbocycles. The fourth-order valence-electron chi connectivity index (χ4n) is 2.74.